The molecule has 0 aliphatic carbocycles. The van der Waals surface area contributed by atoms with Crippen LogP contribution in [0.5, 0.6) is 0 Å². The van der Waals surface area contributed by atoms with Gasteiger partial charge in [0.25, 0.3) is 0 Å². The molecule has 1 heterocycles. The van der Waals surface area contributed by atoms with Gasteiger partial charge in [0, 0.05) is 5.69 Å². The van der Waals surface area contributed by atoms with Crippen molar-refractivity contribution in [3.8, 4) is 0 Å². The van der Waals surface area contributed by atoms with Crippen molar-refractivity contribution in [3.63, 3.8) is 0 Å². The van der Waals surface area contributed by atoms with Gasteiger partial charge in [0.15, 0.2) is 0 Å². The van der Waals surface area contributed by atoms with Crippen LogP contribution in [-0.2, 0) is 11.2 Å². The quantitative estimate of drug-likeness (QED) is 0.708. The van der Waals surface area contributed by atoms with Crippen molar-refractivity contribution in [2.45, 2.75) is 24.6 Å². The Kier molecular flexibility index (Phi) is 2.59. The number of alkyl halides is 1. The van der Waals surface area contributed by atoms with E-state index in [1.54, 1.807) is 0 Å². The summed E-state index contributed by atoms with van der Waals surface area (Å²) in [6.45, 7) is 2.07. The summed E-state index contributed by atoms with van der Waals surface area (Å²) >= 11 is 3.37. The Morgan fingerprint density at radius 1 is 1.50 bits per heavy atom. The first-order valence-corrected chi connectivity index (χ1v) is 5.63. The monoisotopic (exact) mass is 253 g/mol. The van der Waals surface area contributed by atoms with Gasteiger partial charge in [0.2, 0.25) is 5.91 Å². The predicted molar refractivity (Wildman–Crippen MR) is 60.8 cm³/mol. The number of benzene rings is 1. The lowest BCUT2D eigenvalue weighted by Crippen LogP contribution is -2.20. The number of hydrogen-bond acceptors (Lipinski definition) is 1. The first-order chi connectivity index (χ1) is 6.66. The van der Waals surface area contributed by atoms with E-state index in [0.29, 0.717) is 0 Å². The molecule has 0 bridgehead atoms. The molecular formula is C11H12BrNO. The Bertz CT molecular complexity index is 376. The lowest BCUT2D eigenvalue weighted by molar-refractivity contribution is -0.115. The van der Waals surface area contributed by atoms with Gasteiger partial charge in [0.05, 0.1) is 4.83 Å². The molecule has 1 aromatic carbocycles. The predicted octanol–water partition coefficient (Wildman–Crippen LogP) is 2.64. The highest BCUT2D eigenvalue weighted by molar-refractivity contribution is 9.10. The first-order valence-electron chi connectivity index (χ1n) is 4.71. The Morgan fingerprint density at radius 2 is 2.29 bits per heavy atom. The smallest absolute Gasteiger partial charge is 0.238 e. The van der Waals surface area contributed by atoms with Gasteiger partial charge in [-0.25, -0.2) is 0 Å². The number of fused-ring (bicyclic) bond motifs is 1. The summed E-state index contributed by atoms with van der Waals surface area (Å²) in [6.07, 6.45) is 1.81. The van der Waals surface area contributed by atoms with Crippen molar-refractivity contribution in [2.24, 2.45) is 0 Å². The standard InChI is InChI=1S/C11H12BrNO/c1-7-2-5-10-8(6-7)3-4-9(12)11(14)13-10/h2,5-6,9H,3-4H2,1H3,(H,13,14). The molecule has 1 atom stereocenters. The highest BCUT2D eigenvalue weighted by Crippen LogP contribution is 2.25. The fourth-order valence-electron chi connectivity index (χ4n) is 1.68. The molecule has 1 amide bonds. The lowest BCUT2D eigenvalue weighted by atomic mass is 10.1. The van der Waals surface area contributed by atoms with Crippen LogP contribution in [0.25, 0.3) is 0 Å². The lowest BCUT2D eigenvalue weighted by Gasteiger charge is -2.06. The molecule has 0 aromatic heterocycles. The summed E-state index contributed by atoms with van der Waals surface area (Å²) in [5.74, 6) is 0.0626. The number of rotatable bonds is 0. The van der Waals surface area contributed by atoms with Crippen LogP contribution >= 0.6 is 15.9 Å². The molecule has 1 unspecified atom stereocenters. The van der Waals surface area contributed by atoms with Crippen LogP contribution in [0.15, 0.2) is 18.2 Å². The fraction of sp³-hybridized carbons (Fsp3) is 0.364. The summed E-state index contributed by atoms with van der Waals surface area (Å²) in [4.78, 5) is 11.4. The summed E-state index contributed by atoms with van der Waals surface area (Å²) in [7, 11) is 0. The second-order valence-corrected chi connectivity index (χ2v) is 4.76. The maximum atomic E-state index is 11.5. The van der Waals surface area contributed by atoms with Gasteiger partial charge in [-0.3, -0.25) is 4.79 Å². The van der Waals surface area contributed by atoms with Gasteiger partial charge in [-0.15, -0.1) is 0 Å². The van der Waals surface area contributed by atoms with Crippen LogP contribution in [0.1, 0.15) is 17.5 Å². The molecule has 2 nitrogen and oxygen atoms in total. The second-order valence-electron chi connectivity index (χ2n) is 3.66. The Hall–Kier alpha value is -0.830. The number of carbonyl (C=O) groups excluding carboxylic acids is 1. The molecule has 2 rings (SSSR count). The highest BCUT2D eigenvalue weighted by atomic mass is 79.9. The maximum absolute atomic E-state index is 11.5. The van der Waals surface area contributed by atoms with Gasteiger partial charge in [-0.05, 0) is 31.4 Å². The zero-order chi connectivity index (χ0) is 10.1. The van der Waals surface area contributed by atoms with E-state index in [2.05, 4.69) is 34.2 Å². The van der Waals surface area contributed by atoms with Crippen molar-refractivity contribution in [3.05, 3.63) is 29.3 Å². The van der Waals surface area contributed by atoms with Crippen LogP contribution < -0.4 is 5.32 Å². The molecule has 1 aliphatic rings. The Balaban J connectivity index is 2.37. The second kappa shape index (κ2) is 3.73. The number of halogens is 1. The third kappa shape index (κ3) is 1.82. The molecule has 1 aromatic rings. The zero-order valence-corrected chi connectivity index (χ0v) is 9.60. The minimum absolute atomic E-state index is 0.0600. The number of aryl methyl sites for hydroxylation is 2. The van der Waals surface area contributed by atoms with Crippen LogP contribution in [0.2, 0.25) is 0 Å². The molecule has 74 valence electrons. The van der Waals surface area contributed by atoms with E-state index in [1.807, 2.05) is 12.1 Å². The van der Waals surface area contributed by atoms with E-state index >= 15 is 0 Å². The topological polar surface area (TPSA) is 29.1 Å². The van der Waals surface area contributed by atoms with Crippen LogP contribution in [0, 0.1) is 6.92 Å². The Labute approximate surface area is 91.8 Å². The number of nitrogens with one attached hydrogen (secondary N) is 1. The fourth-order valence-corrected chi connectivity index (χ4v) is 2.02. The normalized spacial score (nSPS) is 21.0. The van der Waals surface area contributed by atoms with Crippen molar-refractivity contribution in [1.29, 1.82) is 0 Å². The molecule has 14 heavy (non-hydrogen) atoms. The molecule has 0 radical (unpaired) electrons. The van der Waals surface area contributed by atoms with Crippen molar-refractivity contribution >= 4 is 27.5 Å². The number of carbonyl (C=O) groups is 1. The summed E-state index contributed by atoms with van der Waals surface area (Å²) in [6, 6.07) is 6.14. The number of hydrogen-bond donors (Lipinski definition) is 1. The van der Waals surface area contributed by atoms with E-state index in [9.17, 15) is 4.79 Å². The van der Waals surface area contributed by atoms with Gasteiger partial charge in [-0.2, -0.15) is 0 Å². The van der Waals surface area contributed by atoms with Crippen LogP contribution in [-0.4, -0.2) is 10.7 Å². The van der Waals surface area contributed by atoms with E-state index < -0.39 is 0 Å². The number of anilines is 1. The van der Waals surface area contributed by atoms with E-state index in [-0.39, 0.29) is 10.7 Å². The molecular weight excluding hydrogens is 242 g/mol. The van der Waals surface area contributed by atoms with Gasteiger partial charge in [-0.1, -0.05) is 33.6 Å². The average Bonchev–Trinajstić information content (AvgIpc) is 2.29. The molecule has 0 fully saturated rings. The zero-order valence-electron chi connectivity index (χ0n) is 8.01. The van der Waals surface area contributed by atoms with E-state index in [0.717, 1.165) is 18.5 Å². The van der Waals surface area contributed by atoms with Gasteiger partial charge >= 0.3 is 0 Å². The Morgan fingerprint density at radius 3 is 3.07 bits per heavy atom. The minimum atomic E-state index is -0.0600. The maximum Gasteiger partial charge on any atom is 0.238 e. The minimum Gasteiger partial charge on any atom is -0.325 e. The van der Waals surface area contributed by atoms with E-state index in [1.165, 1.54) is 11.1 Å². The van der Waals surface area contributed by atoms with Gasteiger partial charge in [0.1, 0.15) is 0 Å². The van der Waals surface area contributed by atoms with Gasteiger partial charge < -0.3 is 5.32 Å². The van der Waals surface area contributed by atoms with E-state index in [4.69, 9.17) is 0 Å². The molecule has 1 aliphatic heterocycles. The van der Waals surface area contributed by atoms with Crippen LogP contribution in [0.3, 0.4) is 0 Å². The summed E-state index contributed by atoms with van der Waals surface area (Å²) < 4.78 is 0. The molecule has 1 N–H and O–H groups in total. The van der Waals surface area contributed by atoms with Crippen molar-refractivity contribution in [2.75, 3.05) is 5.32 Å². The molecule has 3 heteroatoms. The van der Waals surface area contributed by atoms with Crippen molar-refractivity contribution < 1.29 is 4.79 Å². The first kappa shape index (κ1) is 9.71. The number of amides is 1. The summed E-state index contributed by atoms with van der Waals surface area (Å²) in [5, 5.41) is 2.91. The molecule has 0 spiro atoms. The third-order valence-electron chi connectivity index (χ3n) is 2.47. The molecule has 0 saturated heterocycles. The largest absolute Gasteiger partial charge is 0.325 e. The summed E-state index contributed by atoms with van der Waals surface area (Å²) in [5.41, 5.74) is 3.44. The SMILES string of the molecule is Cc1ccc2c(c1)CCC(Br)C(=O)N2. The third-order valence-corrected chi connectivity index (χ3v) is 3.34. The average molecular weight is 254 g/mol. The van der Waals surface area contributed by atoms with Crippen LogP contribution in [0.4, 0.5) is 5.69 Å². The molecule has 0 saturated carbocycles. The van der Waals surface area contributed by atoms with Crippen molar-refractivity contribution in [1.82, 2.24) is 0 Å². The highest BCUT2D eigenvalue weighted by Gasteiger charge is 2.20.